The number of hydrogen-bond donors (Lipinski definition) is 4. The van der Waals surface area contributed by atoms with Gasteiger partial charge >= 0.3 is 6.18 Å². The zero-order chi connectivity index (χ0) is 37.8. The fraction of sp³-hybridized carbons (Fsp3) is 0.757. The second-order valence-electron chi connectivity index (χ2n) is 16.2. The second kappa shape index (κ2) is 16.6. The largest absolute Gasteiger partial charge is 0.409 e. The first-order valence-electron chi connectivity index (χ1n) is 18.9. The van der Waals surface area contributed by atoms with Crippen molar-refractivity contribution in [1.82, 2.24) is 36.1 Å². The number of halogens is 3. The Balaban J connectivity index is 1.39. The maximum absolute atomic E-state index is 14.6. The van der Waals surface area contributed by atoms with Gasteiger partial charge in [-0.3, -0.25) is 39.3 Å². The molecule has 1 saturated heterocycles. The molecular weight excluding hydrogens is 679 g/mol. The van der Waals surface area contributed by atoms with E-state index in [-0.39, 0.29) is 36.5 Å². The number of nitrogens with one attached hydrogen (secondary N) is 4. The first-order valence-corrected chi connectivity index (χ1v) is 18.9. The molecule has 7 atom stereocenters. The predicted molar refractivity (Wildman–Crippen MR) is 185 cm³/mol. The highest BCUT2D eigenvalue weighted by atomic mass is 19.4. The fourth-order valence-electron chi connectivity index (χ4n) is 8.25. The van der Waals surface area contributed by atoms with Crippen LogP contribution in [0.5, 0.6) is 0 Å². The summed E-state index contributed by atoms with van der Waals surface area (Å²) in [5, 5.41) is 10.9. The molecule has 288 valence electrons. The van der Waals surface area contributed by atoms with Crippen molar-refractivity contribution in [3.63, 3.8) is 0 Å². The standard InChI is InChI=1S/C37H54F3N7O5/c1-5-10-25(29(48)34(51)43-23-15-16-23)44-33(50)28-24-14-9-13-22(24)20-47(28)35(52)31(36(2,3)4)46-32(49)27(21-11-7-6-8-12-21)45-30(37(38,39)40)26-19-41-17-18-42-26/h17-19,21-25,27-28,30-31,45H,5-16,20H2,1-4H3,(H,43,51)(H,44,50)(H,46,49)/t22-,24-,25-,27?,28-,30-,31+/m0/s1. The molecule has 0 spiro atoms. The smallest absolute Gasteiger partial charge is 0.347 e. The molecule has 4 N–H and O–H groups in total. The van der Waals surface area contributed by atoms with E-state index >= 15 is 0 Å². The molecular formula is C37H54F3N7O5. The van der Waals surface area contributed by atoms with E-state index in [1.807, 2.05) is 6.92 Å². The number of carbonyl (C=O) groups excluding carboxylic acids is 5. The summed E-state index contributed by atoms with van der Waals surface area (Å²) in [6.45, 7) is 7.40. The number of amides is 4. The molecule has 52 heavy (non-hydrogen) atoms. The van der Waals surface area contributed by atoms with Gasteiger partial charge in [0.15, 0.2) is 0 Å². The molecule has 2 heterocycles. The average Bonchev–Trinajstić information content (AvgIpc) is 3.66. The SMILES string of the molecule is CCC[C@H](NC(=O)[C@@H]1[C@H]2CCC[C@H]2CN1C(=O)[C@@H](NC(=O)C(N[C@@H](c1cnccn1)C(F)(F)F)C1CCCCC1)C(C)(C)C)C(=O)C(=O)NC1CC1. The highest BCUT2D eigenvalue weighted by Crippen LogP contribution is 2.43. The Labute approximate surface area is 303 Å². The predicted octanol–water partition coefficient (Wildman–Crippen LogP) is 3.91. The van der Waals surface area contributed by atoms with E-state index in [0.717, 1.165) is 51.1 Å². The third kappa shape index (κ3) is 9.48. The number of fused-ring (bicyclic) bond motifs is 1. The third-order valence-electron chi connectivity index (χ3n) is 11.1. The van der Waals surface area contributed by atoms with Gasteiger partial charge in [0.1, 0.15) is 18.1 Å². The average molecular weight is 734 g/mol. The van der Waals surface area contributed by atoms with E-state index in [2.05, 4.69) is 31.2 Å². The van der Waals surface area contributed by atoms with Gasteiger partial charge in [-0.05, 0) is 68.1 Å². The van der Waals surface area contributed by atoms with Gasteiger partial charge in [0.25, 0.3) is 5.91 Å². The Morgan fingerprint density at radius 1 is 0.923 bits per heavy atom. The van der Waals surface area contributed by atoms with Crippen LogP contribution in [0, 0.1) is 23.2 Å². The van der Waals surface area contributed by atoms with Crippen LogP contribution in [0.25, 0.3) is 0 Å². The van der Waals surface area contributed by atoms with E-state index in [4.69, 9.17) is 0 Å². The van der Waals surface area contributed by atoms with Crippen LogP contribution < -0.4 is 21.3 Å². The van der Waals surface area contributed by atoms with Gasteiger partial charge in [-0.2, -0.15) is 13.2 Å². The number of hydrogen-bond acceptors (Lipinski definition) is 8. The van der Waals surface area contributed by atoms with E-state index in [1.165, 1.54) is 17.3 Å². The summed E-state index contributed by atoms with van der Waals surface area (Å²) >= 11 is 0. The molecule has 4 fully saturated rings. The van der Waals surface area contributed by atoms with Crippen molar-refractivity contribution in [1.29, 1.82) is 0 Å². The summed E-state index contributed by atoms with van der Waals surface area (Å²) in [6.07, 6.45) is 6.97. The Hall–Kier alpha value is -3.62. The minimum atomic E-state index is -4.79. The Kier molecular flexibility index (Phi) is 12.6. The molecule has 4 aliphatic rings. The molecule has 0 aromatic carbocycles. The first kappa shape index (κ1) is 39.6. The summed E-state index contributed by atoms with van der Waals surface area (Å²) < 4.78 is 43.5. The van der Waals surface area contributed by atoms with Crippen molar-refractivity contribution in [2.24, 2.45) is 23.2 Å². The number of rotatable bonds is 14. The quantitative estimate of drug-likeness (QED) is 0.209. The Morgan fingerprint density at radius 2 is 1.63 bits per heavy atom. The van der Waals surface area contributed by atoms with Crippen molar-refractivity contribution < 1.29 is 37.1 Å². The Bertz CT molecular complexity index is 1440. The number of Topliss-reactive ketones (excluding diaryl/α,β-unsaturated/α-hetero) is 1. The molecule has 1 aromatic rings. The second-order valence-corrected chi connectivity index (χ2v) is 16.2. The molecule has 5 rings (SSSR count). The van der Waals surface area contributed by atoms with E-state index in [1.54, 1.807) is 20.8 Å². The van der Waals surface area contributed by atoms with Crippen LogP contribution in [0.4, 0.5) is 13.2 Å². The molecule has 0 bridgehead atoms. The van der Waals surface area contributed by atoms with Gasteiger partial charge in [-0.25, -0.2) is 0 Å². The van der Waals surface area contributed by atoms with Gasteiger partial charge < -0.3 is 20.9 Å². The summed E-state index contributed by atoms with van der Waals surface area (Å²) in [5.41, 5.74) is -1.26. The maximum Gasteiger partial charge on any atom is 0.409 e. The number of carbonyl (C=O) groups is 5. The first-order chi connectivity index (χ1) is 24.6. The molecule has 1 aromatic heterocycles. The molecule has 3 aliphatic carbocycles. The Morgan fingerprint density at radius 3 is 2.23 bits per heavy atom. The number of nitrogens with zero attached hydrogens (tertiary/aromatic N) is 3. The lowest BCUT2D eigenvalue weighted by molar-refractivity contribution is -0.163. The maximum atomic E-state index is 14.6. The normalized spacial score (nSPS) is 24.7. The molecule has 12 nitrogen and oxygen atoms in total. The van der Waals surface area contributed by atoms with Gasteiger partial charge in [0, 0.05) is 25.0 Å². The number of aromatic nitrogens is 2. The minimum absolute atomic E-state index is 0.0274. The van der Waals surface area contributed by atoms with Crippen LogP contribution in [0.2, 0.25) is 0 Å². The van der Waals surface area contributed by atoms with Crippen LogP contribution in [0.3, 0.4) is 0 Å². The lowest BCUT2D eigenvalue weighted by Gasteiger charge is -2.39. The van der Waals surface area contributed by atoms with E-state index in [9.17, 15) is 37.1 Å². The van der Waals surface area contributed by atoms with Crippen molar-refractivity contribution in [2.45, 2.75) is 147 Å². The lowest BCUT2D eigenvalue weighted by Crippen LogP contribution is -2.62. The molecule has 0 radical (unpaired) electrons. The monoisotopic (exact) mass is 733 g/mol. The van der Waals surface area contributed by atoms with Crippen molar-refractivity contribution in [3.05, 3.63) is 24.3 Å². The van der Waals surface area contributed by atoms with Gasteiger partial charge in [-0.15, -0.1) is 0 Å². The van der Waals surface area contributed by atoms with Crippen LogP contribution >= 0.6 is 0 Å². The van der Waals surface area contributed by atoms with Gasteiger partial charge in [-0.1, -0.05) is 59.8 Å². The van der Waals surface area contributed by atoms with Crippen LogP contribution in [0.1, 0.15) is 116 Å². The van der Waals surface area contributed by atoms with E-state index in [0.29, 0.717) is 25.7 Å². The summed E-state index contributed by atoms with van der Waals surface area (Å²) in [6, 6.07) is -6.74. The zero-order valence-electron chi connectivity index (χ0n) is 30.6. The van der Waals surface area contributed by atoms with Gasteiger partial charge in [0.05, 0.1) is 24.0 Å². The lowest BCUT2D eigenvalue weighted by atomic mass is 9.81. The van der Waals surface area contributed by atoms with Crippen molar-refractivity contribution in [3.8, 4) is 0 Å². The highest BCUT2D eigenvalue weighted by Gasteiger charge is 2.53. The van der Waals surface area contributed by atoms with Crippen molar-refractivity contribution >= 4 is 29.4 Å². The van der Waals surface area contributed by atoms with Crippen LogP contribution in [-0.2, 0) is 24.0 Å². The molecule has 1 aliphatic heterocycles. The van der Waals surface area contributed by atoms with Crippen LogP contribution in [-0.4, -0.2) is 87.2 Å². The number of alkyl halides is 3. The minimum Gasteiger partial charge on any atom is -0.347 e. The number of likely N-dealkylation sites (tertiary alicyclic amines) is 1. The van der Waals surface area contributed by atoms with Crippen molar-refractivity contribution in [2.75, 3.05) is 6.54 Å². The zero-order valence-corrected chi connectivity index (χ0v) is 30.6. The van der Waals surface area contributed by atoms with E-state index < -0.39 is 77.1 Å². The number of ketones is 1. The van der Waals surface area contributed by atoms with Gasteiger partial charge in [0.2, 0.25) is 23.5 Å². The summed E-state index contributed by atoms with van der Waals surface area (Å²) in [5.74, 6) is -3.77. The summed E-state index contributed by atoms with van der Waals surface area (Å²) in [7, 11) is 0. The third-order valence-corrected chi connectivity index (χ3v) is 11.1. The molecule has 3 saturated carbocycles. The summed E-state index contributed by atoms with van der Waals surface area (Å²) in [4.78, 5) is 78.0. The topological polar surface area (TPSA) is 162 Å². The fourth-order valence-corrected chi connectivity index (χ4v) is 8.25. The molecule has 4 amide bonds. The van der Waals surface area contributed by atoms with Crippen LogP contribution in [0.15, 0.2) is 18.6 Å². The highest BCUT2D eigenvalue weighted by molar-refractivity contribution is 6.38. The molecule has 15 heteroatoms. The molecule has 1 unspecified atom stereocenters.